The summed E-state index contributed by atoms with van der Waals surface area (Å²) in [7, 11) is 0. The molecule has 0 unspecified atom stereocenters. The first-order chi connectivity index (χ1) is 10.3. The van der Waals surface area contributed by atoms with Gasteiger partial charge in [-0.2, -0.15) is 0 Å². The number of rotatable bonds is 5. The lowest BCUT2D eigenvalue weighted by molar-refractivity contribution is 0.0475. The number of nitrogens with zero attached hydrogens (tertiary/aromatic N) is 3. The van der Waals surface area contributed by atoms with Crippen molar-refractivity contribution in [1.29, 1.82) is 0 Å². The van der Waals surface area contributed by atoms with Crippen LogP contribution in [-0.2, 0) is 10.5 Å². The molecule has 0 N–H and O–H groups in total. The molecule has 0 spiro atoms. The van der Waals surface area contributed by atoms with E-state index in [-0.39, 0.29) is 17.7 Å². The quantitative estimate of drug-likeness (QED) is 0.525. The van der Waals surface area contributed by atoms with Crippen molar-refractivity contribution in [2.24, 2.45) is 0 Å². The summed E-state index contributed by atoms with van der Waals surface area (Å²) in [6, 6.07) is 7.50. The molecule has 0 bridgehead atoms. The van der Waals surface area contributed by atoms with Crippen molar-refractivity contribution >= 4 is 28.8 Å². The fraction of sp³-hybridized carbons (Fsp3) is 0.231. The van der Waals surface area contributed by atoms with Gasteiger partial charge in [-0.05, 0) is 19.1 Å². The van der Waals surface area contributed by atoms with E-state index in [4.69, 9.17) is 13.6 Å². The Morgan fingerprint density at radius 3 is 2.95 bits per heavy atom. The van der Waals surface area contributed by atoms with Crippen LogP contribution in [0.5, 0.6) is 0 Å². The van der Waals surface area contributed by atoms with Gasteiger partial charge in [-0.3, -0.25) is 0 Å². The Labute approximate surface area is 123 Å². The number of para-hydroxylation sites is 2. The van der Waals surface area contributed by atoms with Crippen LogP contribution in [0, 0.1) is 0 Å². The first kappa shape index (κ1) is 13.6. The molecule has 3 rings (SSSR count). The lowest BCUT2D eigenvalue weighted by Gasteiger charge is -1.94. The Kier molecular flexibility index (Phi) is 3.87. The summed E-state index contributed by atoms with van der Waals surface area (Å²) in [5.41, 5.74) is 1.52. The van der Waals surface area contributed by atoms with Gasteiger partial charge in [0.1, 0.15) is 5.52 Å². The minimum absolute atomic E-state index is 0.156. The molecule has 0 radical (unpaired) electrons. The summed E-state index contributed by atoms with van der Waals surface area (Å²) < 4.78 is 15.5. The highest BCUT2D eigenvalue weighted by Gasteiger charge is 2.16. The van der Waals surface area contributed by atoms with E-state index in [1.807, 2.05) is 24.3 Å². The predicted octanol–water partition coefficient (Wildman–Crippen LogP) is 2.68. The highest BCUT2D eigenvalue weighted by Crippen LogP contribution is 2.23. The maximum absolute atomic E-state index is 11.4. The number of aromatic nitrogens is 3. The van der Waals surface area contributed by atoms with Gasteiger partial charge in [0, 0.05) is 0 Å². The van der Waals surface area contributed by atoms with Crippen LogP contribution in [0.25, 0.3) is 11.1 Å². The van der Waals surface area contributed by atoms with Crippen molar-refractivity contribution in [1.82, 2.24) is 15.2 Å². The fourth-order valence-electron chi connectivity index (χ4n) is 1.65. The van der Waals surface area contributed by atoms with Crippen LogP contribution in [0.4, 0.5) is 0 Å². The summed E-state index contributed by atoms with van der Waals surface area (Å²) >= 11 is 1.24. The minimum atomic E-state index is -0.626. The third kappa shape index (κ3) is 3.05. The van der Waals surface area contributed by atoms with Gasteiger partial charge in [0.25, 0.3) is 5.22 Å². The topological polar surface area (TPSA) is 91.2 Å². The zero-order valence-electron chi connectivity index (χ0n) is 11.1. The fourth-order valence-corrected chi connectivity index (χ4v) is 2.26. The van der Waals surface area contributed by atoms with Crippen LogP contribution >= 0.6 is 11.8 Å². The van der Waals surface area contributed by atoms with Gasteiger partial charge >= 0.3 is 11.9 Å². The van der Waals surface area contributed by atoms with Crippen LogP contribution in [0.15, 0.2) is 38.3 Å². The van der Waals surface area contributed by atoms with Crippen molar-refractivity contribution in [3.05, 3.63) is 36.0 Å². The van der Waals surface area contributed by atoms with Crippen molar-refractivity contribution in [3.63, 3.8) is 0 Å². The number of benzene rings is 1. The smallest absolute Gasteiger partial charge is 0.396 e. The molecule has 0 amide bonds. The third-order valence-electron chi connectivity index (χ3n) is 2.51. The number of esters is 1. The van der Waals surface area contributed by atoms with Gasteiger partial charge in [0.05, 0.1) is 12.4 Å². The molecule has 21 heavy (non-hydrogen) atoms. The molecule has 108 valence electrons. The Hall–Kier alpha value is -2.35. The number of oxazole rings is 1. The lowest BCUT2D eigenvalue weighted by atomic mass is 10.3. The first-order valence-electron chi connectivity index (χ1n) is 6.24. The van der Waals surface area contributed by atoms with Gasteiger partial charge in [-0.15, -0.1) is 5.10 Å². The van der Waals surface area contributed by atoms with Crippen molar-refractivity contribution in [2.45, 2.75) is 17.9 Å². The van der Waals surface area contributed by atoms with E-state index < -0.39 is 5.97 Å². The van der Waals surface area contributed by atoms with E-state index >= 15 is 0 Å². The largest absolute Gasteiger partial charge is 0.459 e. The highest BCUT2D eigenvalue weighted by atomic mass is 32.2. The molecule has 0 aliphatic heterocycles. The summed E-state index contributed by atoms with van der Waals surface area (Å²) in [6.07, 6.45) is 0. The molecule has 1 aromatic carbocycles. The van der Waals surface area contributed by atoms with Gasteiger partial charge in [-0.25, -0.2) is 9.78 Å². The molecule has 0 atom stereocenters. The molecular formula is C13H11N3O4S. The van der Waals surface area contributed by atoms with Crippen molar-refractivity contribution < 1.29 is 18.4 Å². The zero-order chi connectivity index (χ0) is 14.7. The van der Waals surface area contributed by atoms with Crippen molar-refractivity contribution in [3.8, 4) is 0 Å². The van der Waals surface area contributed by atoms with E-state index in [0.29, 0.717) is 11.6 Å². The van der Waals surface area contributed by atoms with E-state index in [1.54, 1.807) is 6.92 Å². The molecule has 0 saturated heterocycles. The van der Waals surface area contributed by atoms with Crippen LogP contribution in [0.2, 0.25) is 0 Å². The SMILES string of the molecule is CCOC(=O)c1nnc(SCc2nc3ccccc3o2)o1. The second kappa shape index (κ2) is 5.96. The van der Waals surface area contributed by atoms with Crippen LogP contribution in [0.3, 0.4) is 0 Å². The number of hydrogen-bond acceptors (Lipinski definition) is 8. The number of hydrogen-bond donors (Lipinski definition) is 0. The molecule has 3 aromatic rings. The maximum atomic E-state index is 11.4. The summed E-state index contributed by atoms with van der Waals surface area (Å²) in [4.78, 5) is 15.7. The molecule has 2 heterocycles. The highest BCUT2D eigenvalue weighted by molar-refractivity contribution is 7.98. The normalized spacial score (nSPS) is 10.9. The molecule has 7 nitrogen and oxygen atoms in total. The Bertz CT molecular complexity index is 734. The monoisotopic (exact) mass is 305 g/mol. The van der Waals surface area contributed by atoms with Crippen molar-refractivity contribution in [2.75, 3.05) is 6.61 Å². The zero-order valence-corrected chi connectivity index (χ0v) is 11.9. The standard InChI is InChI=1S/C13H11N3O4S/c1-2-18-12(17)11-15-16-13(20-11)21-7-10-14-8-5-3-4-6-9(8)19-10/h3-6H,2,7H2,1H3. The molecule has 2 aromatic heterocycles. The van der Waals surface area contributed by atoms with E-state index in [9.17, 15) is 4.79 Å². The Morgan fingerprint density at radius 1 is 1.29 bits per heavy atom. The predicted molar refractivity (Wildman–Crippen MR) is 73.8 cm³/mol. The number of ether oxygens (including phenoxy) is 1. The molecule has 8 heteroatoms. The van der Waals surface area contributed by atoms with Crippen LogP contribution in [-0.4, -0.2) is 27.8 Å². The average molecular weight is 305 g/mol. The first-order valence-corrected chi connectivity index (χ1v) is 7.22. The molecule has 0 saturated carbocycles. The van der Waals surface area contributed by atoms with Gasteiger partial charge in [0.15, 0.2) is 5.58 Å². The van der Waals surface area contributed by atoms with E-state index in [2.05, 4.69) is 15.2 Å². The summed E-state index contributed by atoms with van der Waals surface area (Å²) in [5.74, 6) is 0.201. The second-order valence-electron chi connectivity index (χ2n) is 3.96. The van der Waals surface area contributed by atoms with Gasteiger partial charge in [0.2, 0.25) is 5.89 Å². The second-order valence-corrected chi connectivity index (χ2v) is 4.88. The molecule has 0 aliphatic carbocycles. The Morgan fingerprint density at radius 2 is 2.14 bits per heavy atom. The van der Waals surface area contributed by atoms with E-state index in [0.717, 1.165) is 11.1 Å². The average Bonchev–Trinajstić information content (AvgIpc) is 3.11. The number of thioether (sulfide) groups is 1. The minimum Gasteiger partial charge on any atom is -0.459 e. The number of carbonyl (C=O) groups is 1. The Balaban J connectivity index is 1.66. The van der Waals surface area contributed by atoms with E-state index in [1.165, 1.54) is 11.8 Å². The number of carbonyl (C=O) groups excluding carboxylic acids is 1. The lowest BCUT2D eigenvalue weighted by Crippen LogP contribution is -2.04. The van der Waals surface area contributed by atoms with Crippen LogP contribution < -0.4 is 0 Å². The molecular weight excluding hydrogens is 294 g/mol. The molecule has 0 fully saturated rings. The third-order valence-corrected chi connectivity index (χ3v) is 3.32. The molecule has 0 aliphatic rings. The summed E-state index contributed by atoms with van der Waals surface area (Å²) in [5, 5.41) is 7.66. The number of fused-ring (bicyclic) bond motifs is 1. The van der Waals surface area contributed by atoms with Gasteiger partial charge in [-0.1, -0.05) is 29.0 Å². The van der Waals surface area contributed by atoms with Crippen LogP contribution in [0.1, 0.15) is 23.5 Å². The maximum Gasteiger partial charge on any atom is 0.396 e. The summed E-state index contributed by atoms with van der Waals surface area (Å²) in [6.45, 7) is 1.96. The van der Waals surface area contributed by atoms with Gasteiger partial charge < -0.3 is 13.6 Å².